The van der Waals surface area contributed by atoms with E-state index in [9.17, 15) is 8.42 Å². The van der Waals surface area contributed by atoms with Gasteiger partial charge in [0, 0.05) is 6.04 Å². The van der Waals surface area contributed by atoms with Gasteiger partial charge in [0.15, 0.2) is 9.84 Å². The van der Waals surface area contributed by atoms with Crippen LogP contribution in [0.25, 0.3) is 0 Å². The van der Waals surface area contributed by atoms with Crippen LogP contribution in [0.15, 0.2) is 0 Å². The van der Waals surface area contributed by atoms with Crippen LogP contribution in [0.3, 0.4) is 0 Å². The Hall–Kier alpha value is -0.0900. The smallest absolute Gasteiger partial charge is 0.153 e. The van der Waals surface area contributed by atoms with E-state index in [-0.39, 0.29) is 11.3 Å². The van der Waals surface area contributed by atoms with Gasteiger partial charge in [-0.05, 0) is 38.0 Å². The molecule has 2 rings (SSSR count). The van der Waals surface area contributed by atoms with Crippen molar-refractivity contribution in [3.63, 3.8) is 0 Å². The SMILES string of the molecule is NC1CCC(S(=O)(=O)CC2CCCC2)C1. The molecular formula is C11H21NO2S. The fourth-order valence-corrected chi connectivity index (χ4v) is 5.24. The maximum absolute atomic E-state index is 12.1. The van der Waals surface area contributed by atoms with E-state index >= 15 is 0 Å². The molecule has 0 heterocycles. The summed E-state index contributed by atoms with van der Waals surface area (Å²) in [6.45, 7) is 0. The van der Waals surface area contributed by atoms with E-state index in [0.29, 0.717) is 18.1 Å². The maximum Gasteiger partial charge on any atom is 0.153 e. The van der Waals surface area contributed by atoms with Crippen LogP contribution in [0.4, 0.5) is 0 Å². The minimum absolute atomic E-state index is 0.119. The second kappa shape index (κ2) is 4.42. The molecule has 3 nitrogen and oxygen atoms in total. The fourth-order valence-electron chi connectivity index (χ4n) is 2.94. The standard InChI is InChI=1S/C11H21NO2S/c12-10-5-6-11(7-10)15(13,14)8-9-3-1-2-4-9/h9-11H,1-8,12H2. The van der Waals surface area contributed by atoms with Gasteiger partial charge in [-0.2, -0.15) is 0 Å². The number of nitrogens with two attached hydrogens (primary N) is 1. The van der Waals surface area contributed by atoms with Crippen molar-refractivity contribution in [1.82, 2.24) is 0 Å². The van der Waals surface area contributed by atoms with Crippen LogP contribution < -0.4 is 5.73 Å². The van der Waals surface area contributed by atoms with Gasteiger partial charge in [0.05, 0.1) is 11.0 Å². The Bertz CT molecular complexity index is 307. The van der Waals surface area contributed by atoms with Crippen molar-refractivity contribution in [2.24, 2.45) is 11.7 Å². The third-order valence-corrected chi connectivity index (χ3v) is 6.26. The molecule has 15 heavy (non-hydrogen) atoms. The molecule has 0 aromatic carbocycles. The van der Waals surface area contributed by atoms with E-state index in [1.54, 1.807) is 0 Å². The molecule has 0 spiro atoms. The molecule has 88 valence electrons. The molecule has 0 aromatic heterocycles. The van der Waals surface area contributed by atoms with Crippen LogP contribution in [0.5, 0.6) is 0 Å². The molecule has 2 saturated carbocycles. The number of rotatable bonds is 3. The van der Waals surface area contributed by atoms with Crippen molar-refractivity contribution in [1.29, 1.82) is 0 Å². The third-order valence-electron chi connectivity index (χ3n) is 3.88. The van der Waals surface area contributed by atoms with Gasteiger partial charge in [-0.3, -0.25) is 0 Å². The van der Waals surface area contributed by atoms with E-state index < -0.39 is 9.84 Å². The average Bonchev–Trinajstić information content (AvgIpc) is 2.75. The highest BCUT2D eigenvalue weighted by Gasteiger charge is 2.34. The monoisotopic (exact) mass is 231 g/mol. The summed E-state index contributed by atoms with van der Waals surface area (Å²) in [4.78, 5) is 0. The van der Waals surface area contributed by atoms with E-state index in [2.05, 4.69) is 0 Å². The van der Waals surface area contributed by atoms with Gasteiger partial charge in [0.2, 0.25) is 0 Å². The van der Waals surface area contributed by atoms with Crippen molar-refractivity contribution in [3.05, 3.63) is 0 Å². The largest absolute Gasteiger partial charge is 0.328 e. The maximum atomic E-state index is 12.1. The minimum Gasteiger partial charge on any atom is -0.328 e. The van der Waals surface area contributed by atoms with Crippen molar-refractivity contribution < 1.29 is 8.42 Å². The molecule has 0 saturated heterocycles. The van der Waals surface area contributed by atoms with Crippen LogP contribution in [0.1, 0.15) is 44.9 Å². The molecule has 2 N–H and O–H groups in total. The lowest BCUT2D eigenvalue weighted by Crippen LogP contribution is -2.26. The second-order valence-electron chi connectivity index (χ2n) is 5.18. The Kier molecular flexibility index (Phi) is 3.36. The topological polar surface area (TPSA) is 60.2 Å². The van der Waals surface area contributed by atoms with Gasteiger partial charge in [0.25, 0.3) is 0 Å². The Morgan fingerprint density at radius 1 is 1.07 bits per heavy atom. The molecule has 0 radical (unpaired) electrons. The van der Waals surface area contributed by atoms with Crippen LogP contribution in [-0.2, 0) is 9.84 Å². The number of sulfone groups is 1. The van der Waals surface area contributed by atoms with Crippen molar-refractivity contribution >= 4 is 9.84 Å². The second-order valence-corrected chi connectivity index (χ2v) is 7.50. The summed E-state index contributed by atoms with van der Waals surface area (Å²) >= 11 is 0. The normalized spacial score (nSPS) is 33.7. The van der Waals surface area contributed by atoms with Crippen LogP contribution >= 0.6 is 0 Å². The first-order chi connectivity index (χ1) is 7.08. The minimum atomic E-state index is -2.86. The zero-order chi connectivity index (χ0) is 10.9. The Labute approximate surface area is 92.3 Å². The first kappa shape index (κ1) is 11.4. The van der Waals surface area contributed by atoms with Gasteiger partial charge >= 0.3 is 0 Å². The first-order valence-electron chi connectivity index (χ1n) is 6.05. The lowest BCUT2D eigenvalue weighted by Gasteiger charge is -2.15. The zero-order valence-electron chi connectivity index (χ0n) is 9.19. The highest BCUT2D eigenvalue weighted by atomic mass is 32.2. The molecule has 0 bridgehead atoms. The summed E-state index contributed by atoms with van der Waals surface area (Å²) in [5.41, 5.74) is 5.77. The molecular weight excluding hydrogens is 210 g/mol. The van der Waals surface area contributed by atoms with E-state index in [1.807, 2.05) is 0 Å². The highest BCUT2D eigenvalue weighted by molar-refractivity contribution is 7.92. The molecule has 0 amide bonds. The third kappa shape index (κ3) is 2.72. The summed E-state index contributed by atoms with van der Waals surface area (Å²) in [6, 6.07) is 0.119. The number of hydrogen-bond acceptors (Lipinski definition) is 3. The van der Waals surface area contributed by atoms with Gasteiger partial charge in [0.1, 0.15) is 0 Å². The lowest BCUT2D eigenvalue weighted by molar-refractivity contribution is 0.545. The van der Waals surface area contributed by atoms with Crippen LogP contribution in [-0.4, -0.2) is 25.5 Å². The molecule has 2 unspecified atom stereocenters. The van der Waals surface area contributed by atoms with E-state index in [1.165, 1.54) is 12.8 Å². The molecule has 2 atom stereocenters. The molecule has 0 aromatic rings. The molecule has 2 aliphatic rings. The van der Waals surface area contributed by atoms with E-state index in [4.69, 9.17) is 5.73 Å². The summed E-state index contributed by atoms with van der Waals surface area (Å²) in [5.74, 6) is 0.858. The van der Waals surface area contributed by atoms with Crippen LogP contribution in [0, 0.1) is 5.92 Å². The highest BCUT2D eigenvalue weighted by Crippen LogP contribution is 2.31. The Morgan fingerprint density at radius 3 is 2.27 bits per heavy atom. The first-order valence-corrected chi connectivity index (χ1v) is 7.76. The Balaban J connectivity index is 1.94. The fraction of sp³-hybridized carbons (Fsp3) is 1.00. The lowest BCUT2D eigenvalue weighted by atomic mass is 10.1. The van der Waals surface area contributed by atoms with Gasteiger partial charge in [-0.25, -0.2) is 8.42 Å². The molecule has 0 aliphatic heterocycles. The van der Waals surface area contributed by atoms with Gasteiger partial charge < -0.3 is 5.73 Å². The summed E-state index contributed by atoms with van der Waals surface area (Å²) in [7, 11) is -2.86. The van der Waals surface area contributed by atoms with Gasteiger partial charge in [-0.1, -0.05) is 12.8 Å². The quantitative estimate of drug-likeness (QED) is 0.800. The number of hydrogen-bond donors (Lipinski definition) is 1. The summed E-state index contributed by atoms with van der Waals surface area (Å²) in [5, 5.41) is -0.131. The van der Waals surface area contributed by atoms with Crippen LogP contribution in [0.2, 0.25) is 0 Å². The summed E-state index contributed by atoms with van der Waals surface area (Å²) in [6.07, 6.45) is 7.00. The molecule has 2 aliphatic carbocycles. The Morgan fingerprint density at radius 2 is 1.73 bits per heavy atom. The van der Waals surface area contributed by atoms with Gasteiger partial charge in [-0.15, -0.1) is 0 Å². The molecule has 4 heteroatoms. The zero-order valence-corrected chi connectivity index (χ0v) is 10.0. The predicted molar refractivity (Wildman–Crippen MR) is 61.4 cm³/mol. The van der Waals surface area contributed by atoms with E-state index in [0.717, 1.165) is 25.7 Å². The summed E-state index contributed by atoms with van der Waals surface area (Å²) < 4.78 is 24.2. The molecule has 2 fully saturated rings. The predicted octanol–water partition coefficient (Wildman–Crippen LogP) is 1.47. The van der Waals surface area contributed by atoms with Crippen molar-refractivity contribution in [2.75, 3.05) is 5.75 Å². The van der Waals surface area contributed by atoms with Crippen molar-refractivity contribution in [2.45, 2.75) is 56.2 Å². The van der Waals surface area contributed by atoms with Crippen molar-refractivity contribution in [3.8, 4) is 0 Å². The average molecular weight is 231 g/mol.